The Balaban J connectivity index is 1.47. The van der Waals surface area contributed by atoms with Gasteiger partial charge in [-0.15, -0.1) is 0 Å². The fourth-order valence-electron chi connectivity index (χ4n) is 4.53. The monoisotopic (exact) mass is 477 g/mol. The normalized spacial score (nSPS) is 12.7. The molecule has 5 rings (SSSR count). The Morgan fingerprint density at radius 1 is 0.861 bits per heavy atom. The van der Waals surface area contributed by atoms with E-state index >= 15 is 0 Å². The summed E-state index contributed by atoms with van der Waals surface area (Å²) in [5.74, 6) is -0.639. The van der Waals surface area contributed by atoms with Crippen molar-refractivity contribution < 1.29 is 14.0 Å². The number of fused-ring (bicyclic) bond motifs is 1. The maximum absolute atomic E-state index is 13.0. The third-order valence-electron chi connectivity index (χ3n) is 6.33. The van der Waals surface area contributed by atoms with Crippen molar-refractivity contribution in [3.8, 4) is 11.3 Å². The number of benzene rings is 3. The van der Waals surface area contributed by atoms with Gasteiger partial charge in [-0.05, 0) is 41.8 Å². The molecule has 3 N–H and O–H groups in total. The van der Waals surface area contributed by atoms with Crippen molar-refractivity contribution in [1.29, 1.82) is 0 Å². The number of nitrogens with one attached hydrogen (secondary N) is 3. The molecule has 0 aliphatic rings. The van der Waals surface area contributed by atoms with Crippen molar-refractivity contribution in [1.82, 2.24) is 15.6 Å². The summed E-state index contributed by atoms with van der Waals surface area (Å²) in [5, 5.41) is 6.87. The number of aromatic amines is 1. The molecule has 0 aliphatic heterocycles. The van der Waals surface area contributed by atoms with Gasteiger partial charge < -0.3 is 20.0 Å². The van der Waals surface area contributed by atoms with Crippen molar-refractivity contribution in [2.45, 2.75) is 18.9 Å². The number of carbonyl (C=O) groups excluding carboxylic acids is 2. The number of hydrogen-bond acceptors (Lipinski definition) is 3. The average molecular weight is 478 g/mol. The minimum absolute atomic E-state index is 0.116. The van der Waals surface area contributed by atoms with E-state index in [2.05, 4.69) is 52.0 Å². The Kier molecular flexibility index (Phi) is 6.67. The lowest BCUT2D eigenvalue weighted by Gasteiger charge is -2.22. The largest absolute Gasteiger partial charge is 0.459 e. The van der Waals surface area contributed by atoms with E-state index in [1.807, 2.05) is 48.5 Å². The van der Waals surface area contributed by atoms with Crippen LogP contribution in [0.5, 0.6) is 0 Å². The van der Waals surface area contributed by atoms with Gasteiger partial charge in [0.1, 0.15) is 6.04 Å². The summed E-state index contributed by atoms with van der Waals surface area (Å²) in [6, 6.07) is 31.1. The van der Waals surface area contributed by atoms with Gasteiger partial charge in [-0.2, -0.15) is 0 Å². The molecule has 0 spiro atoms. The minimum atomic E-state index is -0.726. The quantitative estimate of drug-likeness (QED) is 0.276. The van der Waals surface area contributed by atoms with Gasteiger partial charge in [-0.25, -0.2) is 0 Å². The van der Waals surface area contributed by atoms with Crippen molar-refractivity contribution in [3.05, 3.63) is 120 Å². The van der Waals surface area contributed by atoms with Crippen LogP contribution in [0.1, 0.15) is 34.5 Å². The SMILES string of the molecule is C[C@@H](NC(=O)c1ccco1)C(=O)NC[C@@H](c1ccccc1)c1c(-c2ccccc2)[nH]c2ccccc12. The van der Waals surface area contributed by atoms with Gasteiger partial charge in [-0.3, -0.25) is 9.59 Å². The molecule has 5 aromatic rings. The van der Waals surface area contributed by atoms with Crippen LogP contribution in [0.3, 0.4) is 0 Å². The molecule has 6 nitrogen and oxygen atoms in total. The summed E-state index contributed by atoms with van der Waals surface area (Å²) in [4.78, 5) is 28.9. The standard InChI is InChI=1S/C30H27N3O3/c1-20(32-30(35)26-17-10-18-36-26)29(34)31-19-24(21-11-4-2-5-12-21)27-23-15-8-9-16-25(23)33-28(27)22-13-6-3-7-14-22/h2-18,20,24,33H,19H2,1H3,(H,31,34)(H,32,35)/t20-,24+/m1/s1. The predicted molar refractivity (Wildman–Crippen MR) is 141 cm³/mol. The number of carbonyl (C=O) groups is 2. The predicted octanol–water partition coefficient (Wildman–Crippen LogP) is 5.49. The molecular formula is C30H27N3O3. The third-order valence-corrected chi connectivity index (χ3v) is 6.33. The van der Waals surface area contributed by atoms with Crippen LogP contribution in [-0.2, 0) is 4.79 Å². The van der Waals surface area contributed by atoms with E-state index in [-0.39, 0.29) is 17.6 Å². The second-order valence-corrected chi connectivity index (χ2v) is 8.71. The lowest BCUT2D eigenvalue weighted by molar-refractivity contribution is -0.122. The zero-order valence-electron chi connectivity index (χ0n) is 19.9. The molecule has 0 fully saturated rings. The maximum Gasteiger partial charge on any atom is 0.287 e. The van der Waals surface area contributed by atoms with Crippen molar-refractivity contribution >= 4 is 22.7 Å². The summed E-state index contributed by atoms with van der Waals surface area (Å²) in [6.45, 7) is 2.03. The maximum atomic E-state index is 13.0. The lowest BCUT2D eigenvalue weighted by atomic mass is 9.87. The molecule has 0 radical (unpaired) electrons. The number of amides is 2. The van der Waals surface area contributed by atoms with E-state index in [1.165, 1.54) is 6.26 Å². The Morgan fingerprint density at radius 3 is 2.28 bits per heavy atom. The zero-order valence-corrected chi connectivity index (χ0v) is 19.9. The van der Waals surface area contributed by atoms with Gasteiger partial charge in [0, 0.05) is 23.4 Å². The van der Waals surface area contributed by atoms with Crippen molar-refractivity contribution in [3.63, 3.8) is 0 Å². The smallest absolute Gasteiger partial charge is 0.287 e. The summed E-state index contributed by atoms with van der Waals surface area (Å²) in [7, 11) is 0. The number of para-hydroxylation sites is 1. The molecule has 0 saturated heterocycles. The van der Waals surface area contributed by atoms with E-state index in [0.717, 1.165) is 33.3 Å². The second kappa shape index (κ2) is 10.4. The molecular weight excluding hydrogens is 450 g/mol. The molecule has 36 heavy (non-hydrogen) atoms. The van der Waals surface area contributed by atoms with Gasteiger partial charge >= 0.3 is 0 Å². The summed E-state index contributed by atoms with van der Waals surface area (Å²) in [5.41, 5.74) is 5.36. The first-order valence-electron chi connectivity index (χ1n) is 11.9. The second-order valence-electron chi connectivity index (χ2n) is 8.71. The molecule has 0 bridgehead atoms. The van der Waals surface area contributed by atoms with Crippen molar-refractivity contribution in [2.24, 2.45) is 0 Å². The van der Waals surface area contributed by atoms with E-state index in [0.29, 0.717) is 6.54 Å². The number of rotatable bonds is 8. The van der Waals surface area contributed by atoms with Crippen LogP contribution in [0.4, 0.5) is 0 Å². The van der Waals surface area contributed by atoms with Crippen LogP contribution >= 0.6 is 0 Å². The molecule has 6 heteroatoms. The fourth-order valence-corrected chi connectivity index (χ4v) is 4.53. The van der Waals surface area contributed by atoms with Gasteiger partial charge in [-0.1, -0.05) is 78.9 Å². The van der Waals surface area contributed by atoms with Crippen LogP contribution in [0.25, 0.3) is 22.2 Å². The topological polar surface area (TPSA) is 87.1 Å². The summed E-state index contributed by atoms with van der Waals surface area (Å²) >= 11 is 0. The van der Waals surface area contributed by atoms with Crippen molar-refractivity contribution in [2.75, 3.05) is 6.54 Å². The Morgan fingerprint density at radius 2 is 1.56 bits per heavy atom. The molecule has 2 aromatic heterocycles. The molecule has 0 saturated carbocycles. The van der Waals surface area contributed by atoms with Gasteiger partial charge in [0.15, 0.2) is 5.76 Å². The first kappa shape index (κ1) is 23.2. The number of aromatic nitrogens is 1. The van der Waals surface area contributed by atoms with E-state index < -0.39 is 11.9 Å². The molecule has 3 aromatic carbocycles. The molecule has 0 aliphatic carbocycles. The molecule has 180 valence electrons. The highest BCUT2D eigenvalue weighted by molar-refractivity contribution is 5.95. The molecule has 0 unspecified atom stereocenters. The first-order valence-corrected chi connectivity index (χ1v) is 11.9. The van der Waals surface area contributed by atoms with Gasteiger partial charge in [0.2, 0.25) is 5.91 Å². The van der Waals surface area contributed by atoms with Crippen LogP contribution in [0, 0.1) is 0 Å². The number of H-pyrrole nitrogens is 1. The van der Waals surface area contributed by atoms with Crippen LogP contribution in [0.15, 0.2) is 108 Å². The van der Waals surface area contributed by atoms with Gasteiger partial charge in [0.05, 0.1) is 12.0 Å². The van der Waals surface area contributed by atoms with E-state index in [9.17, 15) is 9.59 Å². The Hall–Kier alpha value is -4.58. The number of hydrogen-bond donors (Lipinski definition) is 3. The average Bonchev–Trinajstić information content (AvgIpc) is 3.59. The highest BCUT2D eigenvalue weighted by Gasteiger charge is 2.25. The first-order chi connectivity index (χ1) is 17.6. The van der Waals surface area contributed by atoms with E-state index in [1.54, 1.807) is 19.1 Å². The zero-order chi connectivity index (χ0) is 24.9. The molecule has 2 heterocycles. The molecule has 2 amide bonds. The Bertz CT molecular complexity index is 1460. The summed E-state index contributed by atoms with van der Waals surface area (Å²) in [6.07, 6.45) is 1.43. The Labute approximate surface area is 209 Å². The lowest BCUT2D eigenvalue weighted by Crippen LogP contribution is -2.45. The summed E-state index contributed by atoms with van der Waals surface area (Å²) < 4.78 is 5.13. The number of furan rings is 1. The van der Waals surface area contributed by atoms with Gasteiger partial charge in [0.25, 0.3) is 5.91 Å². The highest BCUT2D eigenvalue weighted by atomic mass is 16.3. The molecule has 2 atom stereocenters. The van der Waals surface area contributed by atoms with Crippen LogP contribution in [0.2, 0.25) is 0 Å². The van der Waals surface area contributed by atoms with E-state index in [4.69, 9.17) is 4.42 Å². The third kappa shape index (κ3) is 4.79. The highest BCUT2D eigenvalue weighted by Crippen LogP contribution is 2.38. The van der Waals surface area contributed by atoms with Crippen LogP contribution < -0.4 is 10.6 Å². The minimum Gasteiger partial charge on any atom is -0.459 e. The van der Waals surface area contributed by atoms with Crippen LogP contribution in [-0.4, -0.2) is 29.4 Å². The fraction of sp³-hybridized carbons (Fsp3) is 0.133.